The summed E-state index contributed by atoms with van der Waals surface area (Å²) >= 11 is 0. The Balaban J connectivity index is 2.06. The van der Waals surface area contributed by atoms with Crippen molar-refractivity contribution in [2.24, 2.45) is 0 Å². The first-order valence-corrected chi connectivity index (χ1v) is 14.8. The third-order valence-corrected chi connectivity index (χ3v) is 6.94. The molecule has 2 aliphatic heterocycles. The van der Waals surface area contributed by atoms with Gasteiger partial charge >= 0.3 is 35.8 Å². The highest BCUT2D eigenvalue weighted by molar-refractivity contribution is 5.87. The summed E-state index contributed by atoms with van der Waals surface area (Å²) in [6.07, 6.45) is -11.6. The molecule has 0 aromatic heterocycles. The van der Waals surface area contributed by atoms with Crippen LogP contribution in [0.4, 0.5) is 0 Å². The van der Waals surface area contributed by atoms with Crippen LogP contribution in [0.3, 0.4) is 0 Å². The molecular weight excluding hydrogens is 660 g/mol. The molecule has 2 aliphatic rings. The van der Waals surface area contributed by atoms with Crippen LogP contribution in [0.2, 0.25) is 0 Å². The molecule has 0 aliphatic carbocycles. The molecule has 2 heterocycles. The van der Waals surface area contributed by atoms with E-state index in [1.807, 2.05) is 0 Å². The fourth-order valence-electron chi connectivity index (χ4n) is 4.88. The van der Waals surface area contributed by atoms with Crippen LogP contribution in [0.1, 0.15) is 40.2 Å². The molecule has 0 radical (unpaired) electrons. The Morgan fingerprint density at radius 3 is 1.84 bits per heavy atom. The minimum atomic E-state index is -2.51. The fourth-order valence-corrected chi connectivity index (χ4v) is 4.88. The zero-order valence-corrected chi connectivity index (χ0v) is 27.2. The van der Waals surface area contributed by atoms with Gasteiger partial charge in [-0.05, 0) is 23.8 Å². The van der Waals surface area contributed by atoms with E-state index in [0.717, 1.165) is 40.7 Å². The summed E-state index contributed by atoms with van der Waals surface area (Å²) in [4.78, 5) is 72.3. The van der Waals surface area contributed by atoms with Gasteiger partial charge in [0, 0.05) is 40.7 Å². The lowest BCUT2D eigenvalue weighted by Gasteiger charge is -2.45. The summed E-state index contributed by atoms with van der Waals surface area (Å²) in [6, 6.07) is 5.73. The summed E-state index contributed by atoms with van der Waals surface area (Å²) < 4.78 is 49.1. The second-order valence-electron chi connectivity index (χ2n) is 10.9. The number of hydrogen-bond donors (Lipinski definition) is 3. The van der Waals surface area contributed by atoms with Crippen molar-refractivity contribution in [2.45, 2.75) is 89.4 Å². The van der Waals surface area contributed by atoms with Crippen molar-refractivity contribution >= 4 is 41.9 Å². The van der Waals surface area contributed by atoms with E-state index in [4.69, 9.17) is 42.6 Å². The number of aromatic hydroxyl groups is 1. The molecule has 18 heteroatoms. The maximum absolute atomic E-state index is 13.1. The van der Waals surface area contributed by atoms with Gasteiger partial charge in [-0.2, -0.15) is 0 Å². The van der Waals surface area contributed by atoms with Gasteiger partial charge in [-0.25, -0.2) is 4.79 Å². The van der Waals surface area contributed by atoms with Crippen molar-refractivity contribution < 1.29 is 86.7 Å². The number of benzene rings is 1. The van der Waals surface area contributed by atoms with E-state index in [9.17, 15) is 44.1 Å². The van der Waals surface area contributed by atoms with E-state index in [1.165, 1.54) is 30.3 Å². The molecular formula is C31H38O18. The third-order valence-electron chi connectivity index (χ3n) is 6.94. The standard InChI is InChI=1S/C31H38O18/c1-15(32)41-12-22-25(39)29(47-24(38)11-8-20-6-9-21(37)10-7-20)31(48-22,14-43-17(3)34)49-30-28(45-19(5)36)26(40)27(44-18(4)35)23(46-30)13-42-16(2)33/h6-11,22-23,25-30,37,39-40H,12-14H2,1-5H3. The van der Waals surface area contributed by atoms with Crippen LogP contribution >= 0.6 is 0 Å². The molecule has 9 atom stereocenters. The van der Waals surface area contributed by atoms with Crippen LogP contribution in [-0.2, 0) is 71.4 Å². The fraction of sp³-hybridized carbons (Fsp3) is 0.548. The molecule has 270 valence electrons. The van der Waals surface area contributed by atoms with Crippen molar-refractivity contribution in [3.63, 3.8) is 0 Å². The summed E-state index contributed by atoms with van der Waals surface area (Å²) in [7, 11) is 0. The predicted molar refractivity (Wildman–Crippen MR) is 157 cm³/mol. The summed E-state index contributed by atoms with van der Waals surface area (Å²) in [5.74, 6) is -7.87. The van der Waals surface area contributed by atoms with Crippen LogP contribution < -0.4 is 0 Å². The van der Waals surface area contributed by atoms with Gasteiger partial charge in [-0.15, -0.1) is 0 Å². The minimum Gasteiger partial charge on any atom is -0.508 e. The van der Waals surface area contributed by atoms with E-state index < -0.39 is 110 Å². The Morgan fingerprint density at radius 2 is 1.29 bits per heavy atom. The number of phenolic OH excluding ortho intramolecular Hbond substituents is 1. The molecule has 1 aromatic rings. The summed E-state index contributed by atoms with van der Waals surface area (Å²) in [5.41, 5.74) is 0.475. The molecule has 49 heavy (non-hydrogen) atoms. The summed E-state index contributed by atoms with van der Waals surface area (Å²) in [5, 5.41) is 32.1. The maximum Gasteiger partial charge on any atom is 0.331 e. The highest BCUT2D eigenvalue weighted by Crippen LogP contribution is 2.40. The molecule has 0 saturated carbocycles. The van der Waals surface area contributed by atoms with Crippen molar-refractivity contribution in [1.29, 1.82) is 0 Å². The number of rotatable bonds is 13. The molecule has 0 amide bonds. The average molecular weight is 699 g/mol. The number of carbonyl (C=O) groups excluding carboxylic acids is 6. The highest BCUT2D eigenvalue weighted by Gasteiger charge is 2.63. The van der Waals surface area contributed by atoms with Crippen LogP contribution in [0.5, 0.6) is 5.75 Å². The largest absolute Gasteiger partial charge is 0.508 e. The molecule has 18 nitrogen and oxygen atoms in total. The number of carbonyl (C=O) groups is 6. The second-order valence-corrected chi connectivity index (χ2v) is 10.9. The number of ether oxygens (including phenoxy) is 9. The zero-order chi connectivity index (χ0) is 36.5. The van der Waals surface area contributed by atoms with Crippen molar-refractivity contribution in [3.05, 3.63) is 35.9 Å². The molecule has 0 bridgehead atoms. The van der Waals surface area contributed by atoms with Gasteiger partial charge in [0.05, 0.1) is 0 Å². The van der Waals surface area contributed by atoms with Gasteiger partial charge in [0.1, 0.15) is 50.0 Å². The Kier molecular flexibility index (Phi) is 13.6. The first kappa shape index (κ1) is 38.8. The lowest BCUT2D eigenvalue weighted by Crippen LogP contribution is -2.65. The number of aliphatic hydroxyl groups excluding tert-OH is 2. The van der Waals surface area contributed by atoms with E-state index >= 15 is 0 Å². The molecule has 0 spiro atoms. The average Bonchev–Trinajstić information content (AvgIpc) is 3.26. The lowest BCUT2D eigenvalue weighted by atomic mass is 9.98. The van der Waals surface area contributed by atoms with Gasteiger partial charge in [0.25, 0.3) is 0 Å². The van der Waals surface area contributed by atoms with Crippen LogP contribution in [0, 0.1) is 0 Å². The topological polar surface area (TPSA) is 246 Å². The van der Waals surface area contributed by atoms with Gasteiger partial charge in [-0.1, -0.05) is 12.1 Å². The first-order chi connectivity index (χ1) is 23.0. The Hall–Kier alpha value is -4.62. The second kappa shape index (κ2) is 17.2. The van der Waals surface area contributed by atoms with Gasteiger partial charge in [-0.3, -0.25) is 24.0 Å². The lowest BCUT2D eigenvalue weighted by molar-refractivity contribution is -0.384. The molecule has 1 aromatic carbocycles. The van der Waals surface area contributed by atoms with Crippen LogP contribution in [0.15, 0.2) is 30.3 Å². The molecule has 3 N–H and O–H groups in total. The quantitative estimate of drug-likeness (QED) is 0.133. The van der Waals surface area contributed by atoms with Gasteiger partial charge < -0.3 is 58.0 Å². The number of phenols is 1. The highest BCUT2D eigenvalue weighted by atomic mass is 16.8. The SMILES string of the molecule is CC(=O)OCC1OC(COC(C)=O)(OC2OC(COC(C)=O)C(OC(C)=O)C(O)C2OC(C)=O)C(OC(=O)C=Cc2ccc(O)cc2)C1O. The molecule has 2 saturated heterocycles. The van der Waals surface area contributed by atoms with Crippen LogP contribution in [0.25, 0.3) is 6.08 Å². The number of aliphatic hydroxyl groups is 2. The summed E-state index contributed by atoms with van der Waals surface area (Å²) in [6.45, 7) is 3.07. The Labute approximate surface area is 279 Å². The molecule has 2 fully saturated rings. The monoisotopic (exact) mass is 698 g/mol. The number of esters is 6. The normalized spacial score (nSPS) is 29.4. The predicted octanol–water partition coefficient (Wildman–Crippen LogP) is -0.572. The van der Waals surface area contributed by atoms with Crippen molar-refractivity contribution in [1.82, 2.24) is 0 Å². The third kappa shape index (κ3) is 10.9. The van der Waals surface area contributed by atoms with E-state index in [-0.39, 0.29) is 5.75 Å². The minimum absolute atomic E-state index is 0.0199. The smallest absolute Gasteiger partial charge is 0.331 e. The first-order valence-electron chi connectivity index (χ1n) is 14.8. The van der Waals surface area contributed by atoms with Crippen molar-refractivity contribution in [2.75, 3.05) is 19.8 Å². The molecule has 9 unspecified atom stereocenters. The maximum atomic E-state index is 13.1. The zero-order valence-electron chi connectivity index (χ0n) is 27.2. The van der Waals surface area contributed by atoms with Crippen molar-refractivity contribution in [3.8, 4) is 5.75 Å². The Morgan fingerprint density at radius 1 is 0.735 bits per heavy atom. The number of hydrogen-bond acceptors (Lipinski definition) is 18. The van der Waals surface area contributed by atoms with E-state index in [0.29, 0.717) is 5.56 Å². The Bertz CT molecular complexity index is 1390. The van der Waals surface area contributed by atoms with E-state index in [2.05, 4.69) is 0 Å². The van der Waals surface area contributed by atoms with Crippen LogP contribution in [-0.4, -0.2) is 126 Å². The van der Waals surface area contributed by atoms with Gasteiger partial charge in [0.2, 0.25) is 12.1 Å². The van der Waals surface area contributed by atoms with Gasteiger partial charge in [0.15, 0.2) is 18.3 Å². The molecule has 3 rings (SSSR count). The van der Waals surface area contributed by atoms with E-state index in [1.54, 1.807) is 0 Å².